The van der Waals surface area contributed by atoms with Gasteiger partial charge in [0.05, 0.1) is 5.56 Å². The van der Waals surface area contributed by atoms with Crippen LogP contribution in [0.25, 0.3) is 11.4 Å². The second kappa shape index (κ2) is 9.13. The van der Waals surface area contributed by atoms with Crippen LogP contribution in [0.2, 0.25) is 0 Å². The summed E-state index contributed by atoms with van der Waals surface area (Å²) in [6.07, 6.45) is 4.77. The van der Waals surface area contributed by atoms with Crippen LogP contribution in [0, 0.1) is 11.8 Å². The Kier molecular flexibility index (Phi) is 6.88. The fourth-order valence-corrected chi connectivity index (χ4v) is 2.67. The molecular weight excluding hydrogens is 302 g/mol. The predicted molar refractivity (Wildman–Crippen MR) is 94.4 cm³/mol. The van der Waals surface area contributed by atoms with Gasteiger partial charge in [0.1, 0.15) is 0 Å². The van der Waals surface area contributed by atoms with Crippen molar-refractivity contribution in [3.05, 3.63) is 48.3 Å². The van der Waals surface area contributed by atoms with Crippen LogP contribution in [-0.4, -0.2) is 34.1 Å². The van der Waals surface area contributed by atoms with Gasteiger partial charge in [-0.2, -0.15) is 0 Å². The fraction of sp³-hybridized carbons (Fsp3) is 0.421. The lowest BCUT2D eigenvalue weighted by Crippen LogP contribution is -2.30. The largest absolute Gasteiger partial charge is 0.396 e. The summed E-state index contributed by atoms with van der Waals surface area (Å²) in [4.78, 5) is 20.8. The fourth-order valence-electron chi connectivity index (χ4n) is 2.67. The molecule has 5 heteroatoms. The molecule has 0 aliphatic carbocycles. The van der Waals surface area contributed by atoms with E-state index in [1.54, 1.807) is 12.4 Å². The monoisotopic (exact) mass is 327 g/mol. The smallest absolute Gasteiger partial charge is 0.254 e. The van der Waals surface area contributed by atoms with Gasteiger partial charge in [0.25, 0.3) is 5.91 Å². The molecule has 2 rings (SSSR count). The number of nitrogens with one attached hydrogen (secondary N) is 1. The Morgan fingerprint density at radius 1 is 1.17 bits per heavy atom. The van der Waals surface area contributed by atoms with E-state index in [9.17, 15) is 4.79 Å². The van der Waals surface area contributed by atoms with Crippen LogP contribution in [0.4, 0.5) is 0 Å². The first kappa shape index (κ1) is 18.1. The maximum absolute atomic E-state index is 12.2. The zero-order valence-corrected chi connectivity index (χ0v) is 14.3. The summed E-state index contributed by atoms with van der Waals surface area (Å²) in [6.45, 7) is 4.98. The lowest BCUT2D eigenvalue weighted by Gasteiger charge is -2.18. The van der Waals surface area contributed by atoms with Crippen molar-refractivity contribution in [3.63, 3.8) is 0 Å². The van der Waals surface area contributed by atoms with Gasteiger partial charge in [-0.25, -0.2) is 9.97 Å². The van der Waals surface area contributed by atoms with Crippen LogP contribution < -0.4 is 5.32 Å². The van der Waals surface area contributed by atoms with E-state index >= 15 is 0 Å². The number of aliphatic hydroxyl groups excluding tert-OH is 1. The molecule has 1 heterocycles. The van der Waals surface area contributed by atoms with Crippen LogP contribution in [0.5, 0.6) is 0 Å². The molecule has 5 nitrogen and oxygen atoms in total. The molecular formula is C19H25N3O2. The molecule has 2 N–H and O–H groups in total. The van der Waals surface area contributed by atoms with Crippen LogP contribution in [0.15, 0.2) is 42.7 Å². The van der Waals surface area contributed by atoms with Crippen molar-refractivity contribution in [2.24, 2.45) is 11.8 Å². The van der Waals surface area contributed by atoms with Crippen molar-refractivity contribution in [1.29, 1.82) is 0 Å². The van der Waals surface area contributed by atoms with E-state index in [0.29, 0.717) is 30.3 Å². The van der Waals surface area contributed by atoms with Crippen molar-refractivity contribution < 1.29 is 9.90 Å². The Morgan fingerprint density at radius 2 is 1.83 bits per heavy atom. The maximum Gasteiger partial charge on any atom is 0.254 e. The molecule has 1 aromatic heterocycles. The first-order valence-corrected chi connectivity index (χ1v) is 8.36. The van der Waals surface area contributed by atoms with Crippen molar-refractivity contribution in [2.75, 3.05) is 13.2 Å². The molecule has 0 radical (unpaired) electrons. The van der Waals surface area contributed by atoms with Gasteiger partial charge in [-0.3, -0.25) is 4.79 Å². The Bertz CT molecular complexity index is 627. The second-order valence-electron chi connectivity index (χ2n) is 6.38. The molecule has 2 aromatic rings. The number of amides is 1. The molecule has 1 unspecified atom stereocenters. The summed E-state index contributed by atoms with van der Waals surface area (Å²) >= 11 is 0. The summed E-state index contributed by atoms with van der Waals surface area (Å²) in [5.41, 5.74) is 1.37. The lowest BCUT2D eigenvalue weighted by atomic mass is 9.94. The summed E-state index contributed by atoms with van der Waals surface area (Å²) in [5.74, 6) is 1.24. The number of benzene rings is 1. The highest BCUT2D eigenvalue weighted by molar-refractivity contribution is 5.93. The molecule has 0 saturated carbocycles. The number of hydrogen-bond donors (Lipinski definition) is 2. The Morgan fingerprint density at radius 3 is 2.42 bits per heavy atom. The highest BCUT2D eigenvalue weighted by atomic mass is 16.3. The highest BCUT2D eigenvalue weighted by Gasteiger charge is 2.14. The standard InChI is InChI=1S/C19H25N3O2/c1-14(2)10-15(8-9-23)11-22-19(24)17-12-20-18(21-13-17)16-6-4-3-5-7-16/h3-7,12-15,23H,8-11H2,1-2H3,(H,22,24). The molecule has 0 aliphatic heterocycles. The summed E-state index contributed by atoms with van der Waals surface area (Å²) in [5, 5.41) is 12.1. The van der Waals surface area contributed by atoms with E-state index in [1.807, 2.05) is 30.3 Å². The van der Waals surface area contributed by atoms with E-state index in [4.69, 9.17) is 5.11 Å². The zero-order chi connectivity index (χ0) is 17.4. The first-order chi connectivity index (χ1) is 11.6. The van der Waals surface area contributed by atoms with E-state index in [0.717, 1.165) is 12.0 Å². The molecule has 0 aliphatic rings. The molecule has 0 bridgehead atoms. The van der Waals surface area contributed by atoms with Crippen LogP contribution in [0.3, 0.4) is 0 Å². The minimum atomic E-state index is -0.179. The van der Waals surface area contributed by atoms with E-state index < -0.39 is 0 Å². The third-order valence-corrected chi connectivity index (χ3v) is 3.84. The van der Waals surface area contributed by atoms with Crippen LogP contribution >= 0.6 is 0 Å². The quantitative estimate of drug-likeness (QED) is 0.782. The van der Waals surface area contributed by atoms with Gasteiger partial charge in [0.15, 0.2) is 5.82 Å². The van der Waals surface area contributed by atoms with Gasteiger partial charge < -0.3 is 10.4 Å². The van der Waals surface area contributed by atoms with Gasteiger partial charge in [0, 0.05) is 31.1 Å². The normalized spacial score (nSPS) is 12.2. The third kappa shape index (κ3) is 5.42. The number of aliphatic hydroxyl groups is 1. The average Bonchev–Trinajstić information content (AvgIpc) is 2.60. The van der Waals surface area contributed by atoms with Gasteiger partial charge in [0.2, 0.25) is 0 Å². The number of rotatable bonds is 8. The predicted octanol–water partition coefficient (Wildman–Crippen LogP) is 2.92. The van der Waals surface area contributed by atoms with Crippen molar-refractivity contribution in [2.45, 2.75) is 26.7 Å². The summed E-state index contributed by atoms with van der Waals surface area (Å²) in [7, 11) is 0. The van der Waals surface area contributed by atoms with Crippen molar-refractivity contribution in [3.8, 4) is 11.4 Å². The Balaban J connectivity index is 1.95. The third-order valence-electron chi connectivity index (χ3n) is 3.84. The van der Waals surface area contributed by atoms with Gasteiger partial charge in [-0.15, -0.1) is 0 Å². The van der Waals surface area contributed by atoms with Crippen molar-refractivity contribution >= 4 is 5.91 Å². The number of carbonyl (C=O) groups excluding carboxylic acids is 1. The van der Waals surface area contributed by atoms with E-state index in [2.05, 4.69) is 29.1 Å². The molecule has 0 saturated heterocycles. The molecule has 128 valence electrons. The lowest BCUT2D eigenvalue weighted by molar-refractivity contribution is 0.0940. The van der Waals surface area contributed by atoms with Crippen LogP contribution in [0.1, 0.15) is 37.0 Å². The summed E-state index contributed by atoms with van der Waals surface area (Å²) in [6, 6.07) is 9.65. The van der Waals surface area contributed by atoms with Gasteiger partial charge in [-0.1, -0.05) is 44.2 Å². The van der Waals surface area contributed by atoms with Crippen LogP contribution in [-0.2, 0) is 0 Å². The minimum Gasteiger partial charge on any atom is -0.396 e. The van der Waals surface area contributed by atoms with E-state index in [1.165, 1.54) is 0 Å². The highest BCUT2D eigenvalue weighted by Crippen LogP contribution is 2.15. The van der Waals surface area contributed by atoms with Crippen molar-refractivity contribution in [1.82, 2.24) is 15.3 Å². The number of nitrogens with zero attached hydrogens (tertiary/aromatic N) is 2. The van der Waals surface area contributed by atoms with E-state index in [-0.39, 0.29) is 18.4 Å². The maximum atomic E-state index is 12.2. The second-order valence-corrected chi connectivity index (χ2v) is 6.38. The Labute approximate surface area is 143 Å². The first-order valence-electron chi connectivity index (χ1n) is 8.36. The van der Waals surface area contributed by atoms with Gasteiger partial charge >= 0.3 is 0 Å². The molecule has 24 heavy (non-hydrogen) atoms. The minimum absolute atomic E-state index is 0.141. The number of hydrogen-bond acceptors (Lipinski definition) is 4. The molecule has 1 amide bonds. The molecule has 0 fully saturated rings. The molecule has 0 spiro atoms. The number of carbonyl (C=O) groups is 1. The number of aromatic nitrogens is 2. The average molecular weight is 327 g/mol. The Hall–Kier alpha value is -2.27. The van der Waals surface area contributed by atoms with Gasteiger partial charge in [-0.05, 0) is 24.7 Å². The molecule has 1 aromatic carbocycles. The topological polar surface area (TPSA) is 75.1 Å². The zero-order valence-electron chi connectivity index (χ0n) is 14.3. The SMILES string of the molecule is CC(C)CC(CCO)CNC(=O)c1cnc(-c2ccccc2)nc1. The molecule has 1 atom stereocenters. The summed E-state index contributed by atoms with van der Waals surface area (Å²) < 4.78 is 0.